The Morgan fingerprint density at radius 3 is 2.83 bits per heavy atom. The van der Waals surface area contributed by atoms with E-state index < -0.39 is 0 Å². The molecule has 1 rings (SSSR count). The van der Waals surface area contributed by atoms with Crippen LogP contribution < -0.4 is 3.91 Å². The van der Waals surface area contributed by atoms with Gasteiger partial charge in [0.2, 0.25) is 0 Å². The second kappa shape index (κ2) is 1.55. The third kappa shape index (κ3) is 0.680. The van der Waals surface area contributed by atoms with Crippen LogP contribution in [0.15, 0.2) is 6.20 Å². The van der Waals surface area contributed by atoms with E-state index >= 15 is 0 Å². The van der Waals surface area contributed by atoms with Gasteiger partial charge in [0.25, 0.3) is 0 Å². The quantitative estimate of drug-likeness (QED) is 0.610. The van der Waals surface area contributed by atoms with E-state index in [0.29, 0.717) is 0 Å². The van der Waals surface area contributed by atoms with E-state index in [1.807, 2.05) is 0 Å². The summed E-state index contributed by atoms with van der Waals surface area (Å²) in [7, 11) is 0. The zero-order valence-electron chi connectivity index (χ0n) is 2.77. The summed E-state index contributed by atoms with van der Waals surface area (Å²) >= 11 is 2.23. The molecule has 0 radical (unpaired) electrons. The van der Waals surface area contributed by atoms with E-state index in [4.69, 9.17) is 0 Å². The molecule has 4 heteroatoms. The van der Waals surface area contributed by atoms with Gasteiger partial charge in [-0.05, 0) is 0 Å². The average molecular weight is 265 g/mol. The second-order valence-corrected chi connectivity index (χ2v) is 1.87. The van der Waals surface area contributed by atoms with Gasteiger partial charge < -0.3 is 0 Å². The van der Waals surface area contributed by atoms with Crippen LogP contribution in [0.4, 0.5) is 0 Å². The van der Waals surface area contributed by atoms with E-state index in [9.17, 15) is 0 Å². The molecule has 36 valence electrons. The molecule has 0 bridgehead atoms. The van der Waals surface area contributed by atoms with Crippen molar-refractivity contribution in [1.29, 1.82) is 0 Å². The summed E-state index contributed by atoms with van der Waals surface area (Å²) in [4.78, 5) is 0. The predicted octanol–water partition coefficient (Wildman–Crippen LogP) is -1.02. The number of nitrogens with one attached hydrogen (secondary N) is 1. The summed E-state index contributed by atoms with van der Waals surface area (Å²) in [5, 5.41) is 9.57. The second-order valence-electron chi connectivity index (χ2n) is 0.757. The Balaban J connectivity index is 3.05. The van der Waals surface area contributed by atoms with Crippen molar-refractivity contribution >= 4 is 3.91 Å². The van der Waals surface area contributed by atoms with Crippen LogP contribution in [0.25, 0.3) is 0 Å². The summed E-state index contributed by atoms with van der Waals surface area (Å²) in [5.41, 5.74) is 0. The Morgan fingerprint density at radius 2 is 2.67 bits per heavy atom. The molecule has 0 fully saturated rings. The molecule has 0 spiro atoms. The molecule has 0 aliphatic carbocycles. The molecule has 1 aromatic rings. The summed E-state index contributed by atoms with van der Waals surface area (Å²) in [6.45, 7) is 0. The van der Waals surface area contributed by atoms with Crippen LogP contribution in [0.3, 0.4) is 0 Å². The number of hydrogen-bond acceptors (Lipinski definition) is 2. The summed E-state index contributed by atoms with van der Waals surface area (Å²) in [6, 6.07) is 0. The molecule has 0 aromatic carbocycles. The molecule has 1 N–H and O–H groups in total. The van der Waals surface area contributed by atoms with E-state index in [1.165, 1.54) is 0 Å². The van der Waals surface area contributed by atoms with Crippen LogP contribution >= 0.6 is 0 Å². The van der Waals surface area contributed by atoms with Gasteiger partial charge in [-0.3, -0.25) is 0 Å². The van der Waals surface area contributed by atoms with Crippen LogP contribution in [-0.2, 0) is 21.1 Å². The normalized spacial score (nSPS) is 9.00. The van der Waals surface area contributed by atoms with E-state index in [2.05, 4.69) is 36.5 Å². The Bertz CT molecular complexity index is 112. The third-order valence-electron chi connectivity index (χ3n) is 0.368. The fraction of sp³-hybridized carbons (Fsp3) is 0. The van der Waals surface area contributed by atoms with Gasteiger partial charge in [0.1, 0.15) is 0 Å². The fourth-order valence-corrected chi connectivity index (χ4v) is 0.427. The van der Waals surface area contributed by atoms with Crippen LogP contribution in [0.5, 0.6) is 0 Å². The minimum absolute atomic E-state index is 0.870. The summed E-state index contributed by atoms with van der Waals surface area (Å²) in [6.07, 6.45) is 1.71. The molecule has 0 unspecified atom stereocenters. The SMILES string of the molecule is [Au][c]1c[nH]nn1. The van der Waals surface area contributed by atoms with E-state index in [1.54, 1.807) is 6.20 Å². The Kier molecular flexibility index (Phi) is 1.05. The zero-order valence-corrected chi connectivity index (χ0v) is 4.94. The number of rotatable bonds is 0. The molecule has 0 aliphatic heterocycles. The summed E-state index contributed by atoms with van der Waals surface area (Å²) in [5.74, 6) is 0. The molecule has 1 heterocycles. The Morgan fingerprint density at radius 1 is 1.83 bits per heavy atom. The number of nitrogens with zero attached hydrogens (tertiary/aromatic N) is 2. The first-order valence-electron chi connectivity index (χ1n) is 1.38. The first-order chi connectivity index (χ1) is 2.89. The zero-order chi connectivity index (χ0) is 4.41. The summed E-state index contributed by atoms with van der Waals surface area (Å²) < 4.78 is 0.870. The molecule has 0 atom stereocenters. The van der Waals surface area contributed by atoms with Gasteiger partial charge in [0, 0.05) is 0 Å². The average Bonchev–Trinajstić information content (AvgIpc) is 1.86. The fourth-order valence-electron chi connectivity index (χ4n) is 0.179. The van der Waals surface area contributed by atoms with Crippen molar-refractivity contribution in [2.45, 2.75) is 0 Å². The number of hydrogen-bond donors (Lipinski definition) is 1. The van der Waals surface area contributed by atoms with Crippen molar-refractivity contribution in [3.05, 3.63) is 6.20 Å². The molecule has 0 saturated carbocycles. The van der Waals surface area contributed by atoms with E-state index in [0.717, 1.165) is 3.91 Å². The van der Waals surface area contributed by atoms with Crippen molar-refractivity contribution in [3.8, 4) is 0 Å². The molecule has 0 saturated heterocycles. The standard InChI is InChI=1S/C2H2N3.Au/c1-2-4-5-3-1;/h1H,(H,3,4,5);. The van der Waals surface area contributed by atoms with Crippen molar-refractivity contribution in [2.75, 3.05) is 0 Å². The van der Waals surface area contributed by atoms with E-state index in [-0.39, 0.29) is 0 Å². The molecule has 0 amide bonds. The van der Waals surface area contributed by atoms with Gasteiger partial charge in [-0.1, -0.05) is 0 Å². The third-order valence-corrected chi connectivity index (χ3v) is 0.898. The first kappa shape index (κ1) is 4.05. The van der Waals surface area contributed by atoms with Gasteiger partial charge in [-0.15, -0.1) is 0 Å². The van der Waals surface area contributed by atoms with Gasteiger partial charge in [0.15, 0.2) is 0 Å². The maximum atomic E-state index is 3.59. The Hall–Kier alpha value is -0.120. The monoisotopic (exact) mass is 265 g/mol. The predicted molar refractivity (Wildman–Crippen MR) is 16.0 cm³/mol. The maximum absolute atomic E-state index is 3.59. The molecular formula is C2H2AuN3. The van der Waals surface area contributed by atoms with Crippen LogP contribution in [0, 0.1) is 0 Å². The minimum atomic E-state index is 0.870. The number of aromatic amines is 1. The number of aromatic nitrogens is 3. The topological polar surface area (TPSA) is 41.6 Å². The molecule has 3 nitrogen and oxygen atoms in total. The number of H-pyrrole nitrogens is 1. The molecule has 1 aromatic heterocycles. The van der Waals surface area contributed by atoms with Crippen molar-refractivity contribution < 1.29 is 21.1 Å². The van der Waals surface area contributed by atoms with Crippen LogP contribution in [-0.4, -0.2) is 15.4 Å². The first-order valence-corrected chi connectivity index (χ1v) is 2.46. The van der Waals surface area contributed by atoms with Crippen LogP contribution in [0.2, 0.25) is 0 Å². The van der Waals surface area contributed by atoms with Crippen molar-refractivity contribution in [1.82, 2.24) is 15.4 Å². The van der Waals surface area contributed by atoms with Crippen molar-refractivity contribution in [3.63, 3.8) is 0 Å². The van der Waals surface area contributed by atoms with Gasteiger partial charge in [0.05, 0.1) is 0 Å². The van der Waals surface area contributed by atoms with Crippen molar-refractivity contribution in [2.24, 2.45) is 0 Å². The molecule has 0 aliphatic rings. The Labute approximate surface area is 47.1 Å². The molecular weight excluding hydrogens is 263 g/mol. The van der Waals surface area contributed by atoms with Gasteiger partial charge >= 0.3 is 46.6 Å². The van der Waals surface area contributed by atoms with Gasteiger partial charge in [-0.2, -0.15) is 0 Å². The van der Waals surface area contributed by atoms with Gasteiger partial charge in [-0.25, -0.2) is 0 Å². The molecule has 6 heavy (non-hydrogen) atoms. The van der Waals surface area contributed by atoms with Crippen LogP contribution in [0.1, 0.15) is 0 Å².